The van der Waals surface area contributed by atoms with Crippen molar-refractivity contribution in [3.8, 4) is 23.3 Å². The molecule has 0 radical (unpaired) electrons. The maximum absolute atomic E-state index is 5.67. The fourth-order valence-electron chi connectivity index (χ4n) is 1.82. The van der Waals surface area contributed by atoms with E-state index in [1.165, 1.54) is 0 Å². The Morgan fingerprint density at radius 2 is 1.67 bits per heavy atom. The average Bonchev–Trinajstić information content (AvgIpc) is 2.52. The van der Waals surface area contributed by atoms with Crippen LogP contribution in [-0.4, -0.2) is 19.8 Å². The summed E-state index contributed by atoms with van der Waals surface area (Å²) >= 11 is 0. The number of hydrogen-bond acceptors (Lipinski definition) is 3. The highest BCUT2D eigenvalue weighted by molar-refractivity contribution is 5.38. The van der Waals surface area contributed by atoms with Gasteiger partial charge in [-0.05, 0) is 42.8 Å². The first kappa shape index (κ1) is 15.0. The van der Waals surface area contributed by atoms with Gasteiger partial charge in [0.25, 0.3) is 0 Å². The molecule has 0 unspecified atom stereocenters. The van der Waals surface area contributed by atoms with Crippen LogP contribution in [-0.2, 0) is 0 Å². The third-order valence-electron chi connectivity index (χ3n) is 2.89. The maximum atomic E-state index is 5.67. The smallest absolute Gasteiger partial charge is 0.122 e. The van der Waals surface area contributed by atoms with E-state index < -0.39 is 0 Å². The van der Waals surface area contributed by atoms with Gasteiger partial charge in [-0.2, -0.15) is 0 Å². The van der Waals surface area contributed by atoms with Gasteiger partial charge < -0.3 is 15.2 Å². The van der Waals surface area contributed by atoms with Crippen LogP contribution >= 0.6 is 0 Å². The maximum Gasteiger partial charge on any atom is 0.122 e. The largest absolute Gasteiger partial charge is 0.490 e. The Morgan fingerprint density at radius 1 is 0.952 bits per heavy atom. The molecule has 0 spiro atoms. The second-order valence-corrected chi connectivity index (χ2v) is 4.49. The highest BCUT2D eigenvalue weighted by atomic mass is 16.5. The number of hydrogen-bond donors (Lipinski definition) is 1. The summed E-state index contributed by atoms with van der Waals surface area (Å²) in [6.45, 7) is 3.41. The van der Waals surface area contributed by atoms with Gasteiger partial charge in [-0.25, -0.2) is 0 Å². The summed E-state index contributed by atoms with van der Waals surface area (Å²) in [6, 6.07) is 15.6. The lowest BCUT2D eigenvalue weighted by Gasteiger charge is -2.10. The molecule has 0 saturated heterocycles. The molecule has 2 rings (SSSR count). The van der Waals surface area contributed by atoms with Crippen LogP contribution in [0.3, 0.4) is 0 Å². The van der Waals surface area contributed by atoms with Crippen LogP contribution in [0, 0.1) is 18.8 Å². The zero-order valence-corrected chi connectivity index (χ0v) is 12.1. The van der Waals surface area contributed by atoms with Crippen LogP contribution in [0.25, 0.3) is 0 Å². The van der Waals surface area contributed by atoms with Crippen molar-refractivity contribution in [2.45, 2.75) is 6.92 Å². The molecule has 2 aromatic rings. The first-order valence-electron chi connectivity index (χ1n) is 6.90. The molecule has 0 atom stereocenters. The van der Waals surface area contributed by atoms with Crippen molar-refractivity contribution in [2.75, 3.05) is 19.8 Å². The Kier molecular flexibility index (Phi) is 5.69. The SMILES string of the molecule is Cc1ccccc1OCCOc1ccc(C#CCN)cc1. The first-order chi connectivity index (χ1) is 10.3. The van der Waals surface area contributed by atoms with Crippen LogP contribution in [0.15, 0.2) is 48.5 Å². The highest BCUT2D eigenvalue weighted by Gasteiger charge is 1.98. The van der Waals surface area contributed by atoms with Crippen LogP contribution in [0.2, 0.25) is 0 Å². The lowest BCUT2D eigenvalue weighted by Crippen LogP contribution is -2.09. The van der Waals surface area contributed by atoms with Gasteiger partial charge in [0.05, 0.1) is 6.54 Å². The lowest BCUT2D eigenvalue weighted by molar-refractivity contribution is 0.216. The van der Waals surface area contributed by atoms with Gasteiger partial charge in [0.1, 0.15) is 24.7 Å². The Balaban J connectivity index is 1.77. The number of aryl methyl sites for hydroxylation is 1. The quantitative estimate of drug-likeness (QED) is 0.677. The zero-order valence-electron chi connectivity index (χ0n) is 12.1. The van der Waals surface area contributed by atoms with Crippen molar-refractivity contribution in [1.82, 2.24) is 0 Å². The summed E-state index contributed by atoms with van der Waals surface area (Å²) in [5.41, 5.74) is 7.39. The molecule has 0 amide bonds. The van der Waals surface area contributed by atoms with Gasteiger partial charge in [0, 0.05) is 5.56 Å². The second-order valence-electron chi connectivity index (χ2n) is 4.49. The molecular formula is C18H19NO2. The van der Waals surface area contributed by atoms with Gasteiger partial charge >= 0.3 is 0 Å². The van der Waals surface area contributed by atoms with Crippen molar-refractivity contribution in [2.24, 2.45) is 5.73 Å². The zero-order chi connectivity index (χ0) is 14.9. The minimum absolute atomic E-state index is 0.370. The van der Waals surface area contributed by atoms with E-state index in [0.717, 1.165) is 22.6 Å². The summed E-state index contributed by atoms with van der Waals surface area (Å²) in [7, 11) is 0. The fraction of sp³-hybridized carbons (Fsp3) is 0.222. The van der Waals surface area contributed by atoms with Crippen LogP contribution in [0.4, 0.5) is 0 Å². The van der Waals surface area contributed by atoms with E-state index in [2.05, 4.69) is 11.8 Å². The molecule has 21 heavy (non-hydrogen) atoms. The van der Waals surface area contributed by atoms with Crippen LogP contribution < -0.4 is 15.2 Å². The van der Waals surface area contributed by atoms with Crippen molar-refractivity contribution in [1.29, 1.82) is 0 Å². The van der Waals surface area contributed by atoms with Crippen molar-refractivity contribution >= 4 is 0 Å². The first-order valence-corrected chi connectivity index (χ1v) is 6.90. The van der Waals surface area contributed by atoms with E-state index in [1.54, 1.807) is 0 Å². The summed E-state index contributed by atoms with van der Waals surface area (Å²) < 4.78 is 11.3. The average molecular weight is 281 g/mol. The number of benzene rings is 2. The van der Waals surface area contributed by atoms with Gasteiger partial charge in [-0.15, -0.1) is 0 Å². The van der Waals surface area contributed by atoms with Crippen molar-refractivity contribution < 1.29 is 9.47 Å². The molecule has 0 aliphatic rings. The van der Waals surface area contributed by atoms with Gasteiger partial charge in [0.15, 0.2) is 0 Å². The van der Waals surface area contributed by atoms with E-state index in [1.807, 2.05) is 55.5 Å². The molecule has 3 heteroatoms. The van der Waals surface area contributed by atoms with E-state index in [-0.39, 0.29) is 0 Å². The van der Waals surface area contributed by atoms with Crippen LogP contribution in [0.1, 0.15) is 11.1 Å². The Morgan fingerprint density at radius 3 is 2.38 bits per heavy atom. The lowest BCUT2D eigenvalue weighted by atomic mass is 10.2. The number of ether oxygens (including phenoxy) is 2. The molecule has 0 aliphatic carbocycles. The minimum Gasteiger partial charge on any atom is -0.490 e. The molecule has 0 fully saturated rings. The third-order valence-corrected chi connectivity index (χ3v) is 2.89. The predicted molar refractivity (Wildman–Crippen MR) is 84.5 cm³/mol. The van der Waals surface area contributed by atoms with Gasteiger partial charge in [0.2, 0.25) is 0 Å². The minimum atomic E-state index is 0.370. The normalized spacial score (nSPS) is 9.62. The van der Waals surface area contributed by atoms with E-state index in [4.69, 9.17) is 15.2 Å². The molecule has 0 bridgehead atoms. The summed E-state index contributed by atoms with van der Waals surface area (Å²) in [4.78, 5) is 0. The van der Waals surface area contributed by atoms with E-state index in [9.17, 15) is 0 Å². The highest BCUT2D eigenvalue weighted by Crippen LogP contribution is 2.16. The second kappa shape index (κ2) is 7.98. The predicted octanol–water partition coefficient (Wildman–Crippen LogP) is 2.76. The molecule has 0 saturated carbocycles. The monoisotopic (exact) mass is 281 g/mol. The summed E-state index contributed by atoms with van der Waals surface area (Å²) in [5, 5.41) is 0. The van der Waals surface area contributed by atoms with Crippen LogP contribution in [0.5, 0.6) is 11.5 Å². The molecule has 0 aliphatic heterocycles. The Bertz CT molecular complexity index is 624. The number of nitrogens with two attached hydrogens (primary N) is 1. The van der Waals surface area contributed by atoms with Gasteiger partial charge in [-0.3, -0.25) is 0 Å². The summed E-state index contributed by atoms with van der Waals surface area (Å²) in [6.07, 6.45) is 0. The van der Waals surface area contributed by atoms with E-state index >= 15 is 0 Å². The fourth-order valence-corrected chi connectivity index (χ4v) is 1.82. The number of rotatable bonds is 5. The number of para-hydroxylation sites is 1. The Labute approximate surface area is 125 Å². The third kappa shape index (κ3) is 4.87. The van der Waals surface area contributed by atoms with Gasteiger partial charge in [-0.1, -0.05) is 30.0 Å². The molecule has 3 nitrogen and oxygen atoms in total. The Hall–Kier alpha value is -2.44. The standard InChI is InChI=1S/C18H19NO2/c1-15-5-2-3-7-18(15)21-14-13-20-17-10-8-16(9-11-17)6-4-12-19/h2-3,5,7-11H,12-14,19H2,1H3. The van der Waals surface area contributed by atoms with Crippen molar-refractivity contribution in [3.05, 3.63) is 59.7 Å². The topological polar surface area (TPSA) is 44.5 Å². The molecule has 108 valence electrons. The molecule has 2 aromatic carbocycles. The molecule has 0 aromatic heterocycles. The molecule has 2 N–H and O–H groups in total. The van der Waals surface area contributed by atoms with Crippen molar-refractivity contribution in [3.63, 3.8) is 0 Å². The summed E-state index contributed by atoms with van der Waals surface area (Å²) in [5.74, 6) is 7.49. The molecular weight excluding hydrogens is 262 g/mol. The molecule has 0 heterocycles. The van der Waals surface area contributed by atoms with E-state index in [0.29, 0.717) is 19.8 Å².